The number of carbonyl (C=O) groups excluding carboxylic acids is 2. The minimum absolute atomic E-state index is 0.00816. The molecule has 2 amide bonds. The maximum Gasteiger partial charge on any atom is 0.246 e. The van der Waals surface area contributed by atoms with Crippen molar-refractivity contribution in [3.05, 3.63) is 0 Å². The van der Waals surface area contributed by atoms with Gasteiger partial charge in [0.1, 0.15) is 0 Å². The van der Waals surface area contributed by atoms with Gasteiger partial charge in [0.05, 0.1) is 12.5 Å². The fourth-order valence-corrected chi connectivity index (χ4v) is 1.66. The Kier molecular flexibility index (Phi) is 3.23. The number of carbonyl (C=O) groups is 2. The van der Waals surface area contributed by atoms with E-state index in [1.807, 2.05) is 18.9 Å². The average Bonchev–Trinajstić information content (AvgIpc) is 2.32. The maximum absolute atomic E-state index is 11.6. The minimum atomic E-state index is -0.321. The SMILES string of the molecule is CC(N)CN(C)C1CC(=O)N(C)C1=O. The molecule has 2 N–H and O–H groups in total. The van der Waals surface area contributed by atoms with Crippen molar-refractivity contribution in [1.29, 1.82) is 0 Å². The highest BCUT2D eigenvalue weighted by molar-refractivity contribution is 6.05. The van der Waals surface area contributed by atoms with Crippen molar-refractivity contribution >= 4 is 11.8 Å². The highest BCUT2D eigenvalue weighted by Crippen LogP contribution is 2.15. The van der Waals surface area contributed by atoms with Crippen molar-refractivity contribution in [1.82, 2.24) is 9.80 Å². The molecule has 1 fully saturated rings. The van der Waals surface area contributed by atoms with Gasteiger partial charge in [0.2, 0.25) is 11.8 Å². The predicted octanol–water partition coefficient (Wildman–Crippen LogP) is -0.977. The second kappa shape index (κ2) is 4.06. The van der Waals surface area contributed by atoms with Crippen LogP contribution in [0.3, 0.4) is 0 Å². The van der Waals surface area contributed by atoms with Gasteiger partial charge in [0, 0.05) is 19.6 Å². The number of imide groups is 1. The molecule has 5 nitrogen and oxygen atoms in total. The monoisotopic (exact) mass is 199 g/mol. The van der Waals surface area contributed by atoms with Crippen LogP contribution in [0.25, 0.3) is 0 Å². The first-order valence-electron chi connectivity index (χ1n) is 4.69. The van der Waals surface area contributed by atoms with Crippen LogP contribution in [0.4, 0.5) is 0 Å². The number of amides is 2. The minimum Gasteiger partial charge on any atom is -0.327 e. The molecule has 1 rings (SSSR count). The molecule has 0 aromatic heterocycles. The van der Waals surface area contributed by atoms with Gasteiger partial charge in [-0.15, -0.1) is 0 Å². The van der Waals surface area contributed by atoms with Crippen molar-refractivity contribution in [2.75, 3.05) is 20.6 Å². The highest BCUT2D eigenvalue weighted by Gasteiger charge is 2.38. The van der Waals surface area contributed by atoms with E-state index in [2.05, 4.69) is 0 Å². The van der Waals surface area contributed by atoms with Gasteiger partial charge in [-0.3, -0.25) is 19.4 Å². The lowest BCUT2D eigenvalue weighted by Gasteiger charge is -2.23. The van der Waals surface area contributed by atoms with Crippen LogP contribution in [-0.4, -0.2) is 54.3 Å². The average molecular weight is 199 g/mol. The second-order valence-electron chi connectivity index (χ2n) is 3.93. The lowest BCUT2D eigenvalue weighted by atomic mass is 10.2. The molecule has 5 heteroatoms. The number of nitrogens with zero attached hydrogens (tertiary/aromatic N) is 2. The summed E-state index contributed by atoms with van der Waals surface area (Å²) < 4.78 is 0. The van der Waals surface area contributed by atoms with Gasteiger partial charge in [-0.1, -0.05) is 0 Å². The van der Waals surface area contributed by atoms with Crippen LogP contribution in [0.5, 0.6) is 0 Å². The Hall–Kier alpha value is -0.940. The summed E-state index contributed by atoms with van der Waals surface area (Å²) in [5, 5.41) is 0. The first-order chi connectivity index (χ1) is 6.43. The van der Waals surface area contributed by atoms with Gasteiger partial charge < -0.3 is 5.73 Å². The first-order valence-corrected chi connectivity index (χ1v) is 4.69. The van der Waals surface area contributed by atoms with Crippen LogP contribution >= 0.6 is 0 Å². The largest absolute Gasteiger partial charge is 0.327 e. The Morgan fingerprint density at radius 1 is 1.64 bits per heavy atom. The molecule has 2 unspecified atom stereocenters. The number of likely N-dealkylation sites (N-methyl/N-ethyl adjacent to an activating group) is 2. The molecule has 0 radical (unpaired) electrons. The lowest BCUT2D eigenvalue weighted by Crippen LogP contribution is -2.43. The van der Waals surface area contributed by atoms with E-state index in [0.717, 1.165) is 0 Å². The number of hydrogen-bond acceptors (Lipinski definition) is 4. The van der Waals surface area contributed by atoms with Crippen molar-refractivity contribution in [2.45, 2.75) is 25.4 Å². The van der Waals surface area contributed by atoms with Crippen LogP contribution in [0.2, 0.25) is 0 Å². The Bertz CT molecular complexity index is 252. The summed E-state index contributed by atoms with van der Waals surface area (Å²) in [5.74, 6) is -0.241. The fourth-order valence-electron chi connectivity index (χ4n) is 1.66. The summed E-state index contributed by atoms with van der Waals surface area (Å²) in [5.41, 5.74) is 5.62. The van der Waals surface area contributed by atoms with E-state index in [4.69, 9.17) is 5.73 Å². The highest BCUT2D eigenvalue weighted by atomic mass is 16.2. The molecule has 14 heavy (non-hydrogen) atoms. The standard InChI is InChI=1S/C9H17N3O2/c1-6(10)5-11(2)7-4-8(13)12(3)9(7)14/h6-7H,4-5,10H2,1-3H3. The molecule has 0 saturated carbocycles. The molecule has 0 bridgehead atoms. The summed E-state index contributed by atoms with van der Waals surface area (Å²) >= 11 is 0. The molecule has 0 aromatic rings. The van der Waals surface area contributed by atoms with Crippen molar-refractivity contribution in [3.8, 4) is 0 Å². The number of hydrogen-bond donors (Lipinski definition) is 1. The Morgan fingerprint density at radius 3 is 2.57 bits per heavy atom. The zero-order chi connectivity index (χ0) is 10.9. The van der Waals surface area contributed by atoms with E-state index in [9.17, 15) is 9.59 Å². The van der Waals surface area contributed by atoms with Gasteiger partial charge in [0.15, 0.2) is 0 Å². The molecule has 2 atom stereocenters. The van der Waals surface area contributed by atoms with E-state index in [1.54, 1.807) is 0 Å². The van der Waals surface area contributed by atoms with E-state index in [1.165, 1.54) is 11.9 Å². The molecule has 1 heterocycles. The Labute approximate surface area is 83.8 Å². The number of nitrogens with two attached hydrogens (primary N) is 1. The summed E-state index contributed by atoms with van der Waals surface area (Å²) in [6.07, 6.45) is 0.276. The van der Waals surface area contributed by atoms with E-state index < -0.39 is 0 Å². The number of rotatable bonds is 3. The molecule has 1 saturated heterocycles. The third-order valence-electron chi connectivity index (χ3n) is 2.47. The van der Waals surface area contributed by atoms with Gasteiger partial charge in [0.25, 0.3) is 0 Å². The van der Waals surface area contributed by atoms with Crippen LogP contribution in [-0.2, 0) is 9.59 Å². The quantitative estimate of drug-likeness (QED) is 0.593. The second-order valence-corrected chi connectivity index (χ2v) is 3.93. The molecule has 0 aliphatic carbocycles. The van der Waals surface area contributed by atoms with Crippen LogP contribution in [0.15, 0.2) is 0 Å². The molecule has 1 aliphatic heterocycles. The maximum atomic E-state index is 11.6. The molecule has 0 spiro atoms. The summed E-state index contributed by atoms with van der Waals surface area (Å²) in [6, 6.07) is -0.313. The Balaban J connectivity index is 2.62. The smallest absolute Gasteiger partial charge is 0.246 e. The molecular formula is C9H17N3O2. The first kappa shape index (κ1) is 11.1. The third-order valence-corrected chi connectivity index (χ3v) is 2.47. The molecule has 1 aliphatic rings. The molecule has 80 valence electrons. The third kappa shape index (κ3) is 2.10. The summed E-state index contributed by atoms with van der Waals surface area (Å²) in [6.45, 7) is 2.50. The van der Waals surface area contributed by atoms with Crippen molar-refractivity contribution in [2.24, 2.45) is 5.73 Å². The van der Waals surface area contributed by atoms with Gasteiger partial charge in [-0.25, -0.2) is 0 Å². The van der Waals surface area contributed by atoms with Crippen LogP contribution < -0.4 is 5.73 Å². The normalized spacial score (nSPS) is 24.9. The topological polar surface area (TPSA) is 66.6 Å². The zero-order valence-electron chi connectivity index (χ0n) is 8.86. The zero-order valence-corrected chi connectivity index (χ0v) is 8.86. The number of likely N-dealkylation sites (tertiary alicyclic amines) is 1. The van der Waals surface area contributed by atoms with E-state index in [0.29, 0.717) is 6.54 Å². The van der Waals surface area contributed by atoms with E-state index >= 15 is 0 Å². The van der Waals surface area contributed by atoms with Crippen molar-refractivity contribution < 1.29 is 9.59 Å². The molecule has 0 aromatic carbocycles. The van der Waals surface area contributed by atoms with E-state index in [-0.39, 0.29) is 30.3 Å². The molecular weight excluding hydrogens is 182 g/mol. The van der Waals surface area contributed by atoms with Crippen LogP contribution in [0, 0.1) is 0 Å². The summed E-state index contributed by atoms with van der Waals surface area (Å²) in [7, 11) is 3.34. The fraction of sp³-hybridized carbons (Fsp3) is 0.778. The van der Waals surface area contributed by atoms with Gasteiger partial charge in [-0.05, 0) is 14.0 Å². The van der Waals surface area contributed by atoms with Crippen LogP contribution in [0.1, 0.15) is 13.3 Å². The Morgan fingerprint density at radius 2 is 2.21 bits per heavy atom. The van der Waals surface area contributed by atoms with Gasteiger partial charge in [-0.2, -0.15) is 0 Å². The lowest BCUT2D eigenvalue weighted by molar-refractivity contribution is -0.137. The van der Waals surface area contributed by atoms with Crippen molar-refractivity contribution in [3.63, 3.8) is 0 Å². The predicted molar refractivity (Wildman–Crippen MR) is 52.5 cm³/mol. The van der Waals surface area contributed by atoms with Gasteiger partial charge >= 0.3 is 0 Å². The summed E-state index contributed by atoms with van der Waals surface area (Å²) in [4.78, 5) is 25.8.